The molecule has 0 saturated carbocycles. The van der Waals surface area contributed by atoms with Gasteiger partial charge in [0.25, 0.3) is 0 Å². The zero-order chi connectivity index (χ0) is 10.5. The Bertz CT molecular complexity index is 315. The van der Waals surface area contributed by atoms with Crippen molar-refractivity contribution in [1.29, 1.82) is 0 Å². The second-order valence-corrected chi connectivity index (χ2v) is 4.19. The lowest BCUT2D eigenvalue weighted by molar-refractivity contribution is 0.281. The third kappa shape index (κ3) is 2.69. The van der Waals surface area contributed by atoms with E-state index < -0.39 is 0 Å². The molecule has 0 aromatic heterocycles. The monoisotopic (exact) mass is 201 g/mol. The first kappa shape index (κ1) is 10.4. The van der Waals surface area contributed by atoms with E-state index in [2.05, 4.69) is 54.3 Å². The summed E-state index contributed by atoms with van der Waals surface area (Å²) in [5.74, 6) is 0. The number of hydrogen-bond donors (Lipinski definition) is 0. The Hall–Kier alpha value is -1.08. The minimum absolute atomic E-state index is 0.662. The van der Waals surface area contributed by atoms with Gasteiger partial charge in [0.15, 0.2) is 0 Å². The molecular formula is C14H19N. The Morgan fingerprint density at radius 1 is 1.33 bits per heavy atom. The van der Waals surface area contributed by atoms with Crippen molar-refractivity contribution in [2.24, 2.45) is 0 Å². The number of rotatable bonds is 3. The van der Waals surface area contributed by atoms with Gasteiger partial charge >= 0.3 is 0 Å². The summed E-state index contributed by atoms with van der Waals surface area (Å²) < 4.78 is 0. The van der Waals surface area contributed by atoms with Gasteiger partial charge in [0.1, 0.15) is 0 Å². The van der Waals surface area contributed by atoms with Gasteiger partial charge in [-0.2, -0.15) is 0 Å². The van der Waals surface area contributed by atoms with E-state index in [4.69, 9.17) is 0 Å². The SMILES string of the molecule is C/C=C/C1CCCN1Cc1ccccc1. The molecule has 0 N–H and O–H groups in total. The molecule has 1 aliphatic rings. The van der Waals surface area contributed by atoms with Gasteiger partial charge in [-0.15, -0.1) is 0 Å². The summed E-state index contributed by atoms with van der Waals surface area (Å²) in [5, 5.41) is 0. The molecule has 80 valence electrons. The van der Waals surface area contributed by atoms with Gasteiger partial charge in [0.05, 0.1) is 0 Å². The highest BCUT2D eigenvalue weighted by Crippen LogP contribution is 2.20. The Morgan fingerprint density at radius 3 is 2.87 bits per heavy atom. The fraction of sp³-hybridized carbons (Fsp3) is 0.429. The number of allylic oxidation sites excluding steroid dienone is 1. The molecule has 0 bridgehead atoms. The first-order chi connectivity index (χ1) is 7.40. The molecule has 1 fully saturated rings. The van der Waals surface area contributed by atoms with E-state index in [-0.39, 0.29) is 0 Å². The van der Waals surface area contributed by atoms with Crippen LogP contribution in [-0.2, 0) is 6.54 Å². The normalized spacial score (nSPS) is 22.6. The van der Waals surface area contributed by atoms with Gasteiger partial charge in [-0.1, -0.05) is 42.5 Å². The van der Waals surface area contributed by atoms with Crippen LogP contribution in [-0.4, -0.2) is 17.5 Å². The Kier molecular flexibility index (Phi) is 3.57. The van der Waals surface area contributed by atoms with E-state index in [1.54, 1.807) is 0 Å². The second-order valence-electron chi connectivity index (χ2n) is 4.19. The zero-order valence-corrected chi connectivity index (χ0v) is 9.39. The van der Waals surface area contributed by atoms with Crippen LogP contribution in [0.2, 0.25) is 0 Å². The largest absolute Gasteiger partial charge is 0.293 e. The van der Waals surface area contributed by atoms with E-state index >= 15 is 0 Å². The fourth-order valence-corrected chi connectivity index (χ4v) is 2.31. The molecule has 0 radical (unpaired) electrons. The minimum atomic E-state index is 0.662. The molecule has 1 heteroatoms. The maximum atomic E-state index is 2.56. The Balaban J connectivity index is 1.99. The molecule has 1 atom stereocenters. The summed E-state index contributed by atoms with van der Waals surface area (Å²) in [4.78, 5) is 2.56. The Labute approximate surface area is 92.4 Å². The molecule has 1 nitrogen and oxygen atoms in total. The summed E-state index contributed by atoms with van der Waals surface area (Å²) >= 11 is 0. The molecule has 1 heterocycles. The van der Waals surface area contributed by atoms with Gasteiger partial charge in [-0.3, -0.25) is 4.90 Å². The van der Waals surface area contributed by atoms with Crippen molar-refractivity contribution < 1.29 is 0 Å². The zero-order valence-electron chi connectivity index (χ0n) is 9.39. The van der Waals surface area contributed by atoms with E-state index in [1.165, 1.54) is 24.9 Å². The standard InChI is InChI=1S/C14H19N/c1-2-7-14-10-6-11-15(14)12-13-8-4-3-5-9-13/h2-5,7-9,14H,6,10-12H2,1H3/b7-2+. The quantitative estimate of drug-likeness (QED) is 0.679. The fourth-order valence-electron chi connectivity index (χ4n) is 2.31. The van der Waals surface area contributed by atoms with Crippen LogP contribution < -0.4 is 0 Å². The summed E-state index contributed by atoms with van der Waals surface area (Å²) in [5.41, 5.74) is 1.42. The summed E-state index contributed by atoms with van der Waals surface area (Å²) in [6, 6.07) is 11.4. The number of nitrogens with zero attached hydrogens (tertiary/aromatic N) is 1. The van der Waals surface area contributed by atoms with Crippen molar-refractivity contribution in [3.63, 3.8) is 0 Å². The number of hydrogen-bond acceptors (Lipinski definition) is 1. The lowest BCUT2D eigenvalue weighted by Crippen LogP contribution is -2.27. The first-order valence-corrected chi connectivity index (χ1v) is 5.81. The highest BCUT2D eigenvalue weighted by molar-refractivity contribution is 5.15. The smallest absolute Gasteiger partial charge is 0.0282 e. The van der Waals surface area contributed by atoms with Crippen molar-refractivity contribution in [2.75, 3.05) is 6.54 Å². The molecule has 0 amide bonds. The molecule has 1 saturated heterocycles. The maximum Gasteiger partial charge on any atom is 0.0282 e. The molecule has 1 unspecified atom stereocenters. The van der Waals surface area contributed by atoms with Gasteiger partial charge in [0, 0.05) is 12.6 Å². The average molecular weight is 201 g/mol. The van der Waals surface area contributed by atoms with Crippen LogP contribution in [0.25, 0.3) is 0 Å². The topological polar surface area (TPSA) is 3.24 Å². The highest BCUT2D eigenvalue weighted by atomic mass is 15.2. The lowest BCUT2D eigenvalue weighted by atomic mass is 10.1. The van der Waals surface area contributed by atoms with Crippen molar-refractivity contribution in [2.45, 2.75) is 32.4 Å². The van der Waals surface area contributed by atoms with Gasteiger partial charge in [-0.05, 0) is 31.9 Å². The third-order valence-corrected chi connectivity index (χ3v) is 3.06. The minimum Gasteiger partial charge on any atom is -0.293 e. The van der Waals surface area contributed by atoms with Crippen molar-refractivity contribution >= 4 is 0 Å². The van der Waals surface area contributed by atoms with E-state index in [1.807, 2.05) is 0 Å². The van der Waals surface area contributed by atoms with Crippen molar-refractivity contribution in [3.05, 3.63) is 48.0 Å². The van der Waals surface area contributed by atoms with Gasteiger partial charge in [-0.25, -0.2) is 0 Å². The highest BCUT2D eigenvalue weighted by Gasteiger charge is 2.21. The third-order valence-electron chi connectivity index (χ3n) is 3.06. The molecule has 1 aliphatic heterocycles. The van der Waals surface area contributed by atoms with Crippen LogP contribution in [0.1, 0.15) is 25.3 Å². The molecule has 15 heavy (non-hydrogen) atoms. The average Bonchev–Trinajstić information content (AvgIpc) is 2.68. The number of benzene rings is 1. The van der Waals surface area contributed by atoms with E-state index in [0.717, 1.165) is 6.54 Å². The van der Waals surface area contributed by atoms with Crippen LogP contribution in [0, 0.1) is 0 Å². The van der Waals surface area contributed by atoms with Crippen LogP contribution in [0.5, 0.6) is 0 Å². The van der Waals surface area contributed by atoms with Gasteiger partial charge in [0.2, 0.25) is 0 Å². The van der Waals surface area contributed by atoms with Crippen molar-refractivity contribution in [1.82, 2.24) is 4.90 Å². The molecule has 1 aromatic rings. The van der Waals surface area contributed by atoms with Crippen LogP contribution >= 0.6 is 0 Å². The second kappa shape index (κ2) is 5.13. The van der Waals surface area contributed by atoms with Crippen LogP contribution in [0.4, 0.5) is 0 Å². The predicted octanol–water partition coefficient (Wildman–Crippen LogP) is 3.23. The molecule has 1 aromatic carbocycles. The predicted molar refractivity (Wildman–Crippen MR) is 64.7 cm³/mol. The summed E-state index contributed by atoms with van der Waals surface area (Å²) in [6.07, 6.45) is 7.16. The molecule has 0 aliphatic carbocycles. The first-order valence-electron chi connectivity index (χ1n) is 5.81. The summed E-state index contributed by atoms with van der Waals surface area (Å²) in [6.45, 7) is 4.44. The Morgan fingerprint density at radius 2 is 2.13 bits per heavy atom. The number of likely N-dealkylation sites (tertiary alicyclic amines) is 1. The lowest BCUT2D eigenvalue weighted by Gasteiger charge is -2.21. The summed E-state index contributed by atoms with van der Waals surface area (Å²) in [7, 11) is 0. The maximum absolute atomic E-state index is 2.56. The van der Waals surface area contributed by atoms with Crippen LogP contribution in [0.3, 0.4) is 0 Å². The van der Waals surface area contributed by atoms with E-state index in [9.17, 15) is 0 Å². The molecule has 0 spiro atoms. The molecule has 2 rings (SSSR count). The van der Waals surface area contributed by atoms with Crippen molar-refractivity contribution in [3.8, 4) is 0 Å². The van der Waals surface area contributed by atoms with E-state index in [0.29, 0.717) is 6.04 Å². The van der Waals surface area contributed by atoms with Crippen LogP contribution in [0.15, 0.2) is 42.5 Å². The van der Waals surface area contributed by atoms with Gasteiger partial charge < -0.3 is 0 Å². The molecular weight excluding hydrogens is 182 g/mol.